The summed E-state index contributed by atoms with van der Waals surface area (Å²) in [6, 6.07) is 12.9. The minimum Gasteiger partial charge on any atom is -0.338 e. The van der Waals surface area contributed by atoms with Gasteiger partial charge in [0.25, 0.3) is 0 Å². The number of fused-ring (bicyclic) bond motifs is 1. The second-order valence-corrected chi connectivity index (χ2v) is 8.81. The Balaban J connectivity index is 1.32. The third kappa shape index (κ3) is 4.77. The molecule has 1 unspecified atom stereocenters. The molecule has 3 heterocycles. The maximum absolute atomic E-state index is 14.3. The summed E-state index contributed by atoms with van der Waals surface area (Å²) >= 11 is 0. The average Bonchev–Trinajstić information content (AvgIpc) is 3.05. The molecule has 0 N–H and O–H groups in total. The number of aromatic nitrogens is 2. The Labute approximate surface area is 197 Å². The highest BCUT2D eigenvalue weighted by Crippen LogP contribution is 2.39. The van der Waals surface area contributed by atoms with E-state index in [2.05, 4.69) is 19.8 Å². The molecule has 1 atom stereocenters. The molecule has 5 rings (SSSR count). The minimum absolute atomic E-state index is 0.0107. The van der Waals surface area contributed by atoms with Crippen LogP contribution in [0.15, 0.2) is 60.9 Å². The molecule has 0 saturated carbocycles. The fraction of sp³-hybridized carbons (Fsp3) is 0.346. The first-order chi connectivity index (χ1) is 16.6. The van der Waals surface area contributed by atoms with Crippen molar-refractivity contribution in [3.8, 4) is 0 Å². The molecule has 1 saturated heterocycles. The van der Waals surface area contributed by atoms with Crippen LogP contribution in [0.5, 0.6) is 0 Å². The van der Waals surface area contributed by atoms with E-state index < -0.39 is 0 Å². The summed E-state index contributed by atoms with van der Waals surface area (Å²) in [6.07, 6.45) is 5.05. The highest BCUT2D eigenvalue weighted by molar-refractivity contribution is 5.96. The van der Waals surface area contributed by atoms with Crippen LogP contribution in [-0.2, 0) is 4.79 Å². The van der Waals surface area contributed by atoms with Crippen molar-refractivity contribution in [2.24, 2.45) is 0 Å². The summed E-state index contributed by atoms with van der Waals surface area (Å²) in [5.74, 6) is 0.0110. The van der Waals surface area contributed by atoms with Crippen LogP contribution in [-0.4, -0.2) is 60.0 Å². The number of nitrogens with zero attached hydrogens (tertiary/aromatic N) is 5. The number of piperazine rings is 1. The van der Waals surface area contributed by atoms with Crippen LogP contribution >= 0.6 is 0 Å². The molecule has 34 heavy (non-hydrogen) atoms. The molecule has 1 fully saturated rings. The second kappa shape index (κ2) is 9.85. The van der Waals surface area contributed by atoms with Crippen molar-refractivity contribution in [1.29, 1.82) is 0 Å². The Morgan fingerprint density at radius 2 is 1.62 bits per heavy atom. The molecule has 0 radical (unpaired) electrons. The molecular weight excluding hydrogens is 436 g/mol. The number of anilines is 2. The van der Waals surface area contributed by atoms with Crippen molar-refractivity contribution >= 4 is 17.5 Å². The Bertz CT molecular complexity index is 1130. The summed E-state index contributed by atoms with van der Waals surface area (Å²) in [7, 11) is 0. The summed E-state index contributed by atoms with van der Waals surface area (Å²) in [5.41, 5.74) is 2.50. The maximum atomic E-state index is 14.3. The van der Waals surface area contributed by atoms with Gasteiger partial charge in [-0.15, -0.1) is 0 Å². The molecule has 1 amide bonds. The van der Waals surface area contributed by atoms with Gasteiger partial charge in [-0.3, -0.25) is 9.69 Å². The van der Waals surface area contributed by atoms with Crippen LogP contribution in [0.25, 0.3) is 0 Å². The van der Waals surface area contributed by atoms with E-state index in [1.54, 1.807) is 41.6 Å². The zero-order valence-electron chi connectivity index (χ0n) is 18.9. The van der Waals surface area contributed by atoms with Crippen LogP contribution in [0.1, 0.15) is 29.9 Å². The smallest absolute Gasteiger partial charge is 0.241 e. The number of hydrogen-bond donors (Lipinski definition) is 0. The van der Waals surface area contributed by atoms with E-state index >= 15 is 0 Å². The first-order valence-electron chi connectivity index (χ1n) is 11.7. The number of halogens is 2. The molecule has 2 aliphatic rings. The van der Waals surface area contributed by atoms with Crippen LogP contribution in [0, 0.1) is 11.6 Å². The predicted molar refractivity (Wildman–Crippen MR) is 127 cm³/mol. The molecule has 0 aliphatic carbocycles. The number of carbonyl (C=O) groups excluding carboxylic acids is 1. The fourth-order valence-electron chi connectivity index (χ4n) is 4.91. The van der Waals surface area contributed by atoms with Gasteiger partial charge in [0.1, 0.15) is 11.6 Å². The lowest BCUT2D eigenvalue weighted by Crippen LogP contribution is -2.50. The second-order valence-electron chi connectivity index (χ2n) is 8.81. The molecule has 2 aromatic carbocycles. The zero-order chi connectivity index (χ0) is 23.5. The van der Waals surface area contributed by atoms with Crippen molar-refractivity contribution in [2.45, 2.75) is 18.8 Å². The van der Waals surface area contributed by atoms with Gasteiger partial charge in [0.05, 0.1) is 12.2 Å². The third-order valence-electron chi connectivity index (χ3n) is 6.67. The monoisotopic (exact) mass is 463 g/mol. The van der Waals surface area contributed by atoms with Gasteiger partial charge in [0.15, 0.2) is 0 Å². The lowest BCUT2D eigenvalue weighted by Gasteiger charge is -2.35. The molecule has 8 heteroatoms. The maximum Gasteiger partial charge on any atom is 0.241 e. The van der Waals surface area contributed by atoms with E-state index in [1.807, 2.05) is 0 Å². The summed E-state index contributed by atoms with van der Waals surface area (Å²) in [6.45, 7) is 3.76. The van der Waals surface area contributed by atoms with E-state index in [4.69, 9.17) is 0 Å². The highest BCUT2D eigenvalue weighted by Gasteiger charge is 2.29. The van der Waals surface area contributed by atoms with Gasteiger partial charge in [-0.1, -0.05) is 18.2 Å². The zero-order valence-corrected chi connectivity index (χ0v) is 18.9. The summed E-state index contributed by atoms with van der Waals surface area (Å²) < 4.78 is 27.8. The van der Waals surface area contributed by atoms with Crippen molar-refractivity contribution in [1.82, 2.24) is 14.9 Å². The van der Waals surface area contributed by atoms with Gasteiger partial charge < -0.3 is 9.80 Å². The quantitative estimate of drug-likeness (QED) is 0.589. The molecule has 0 spiro atoms. The molecule has 0 bridgehead atoms. The lowest BCUT2D eigenvalue weighted by molar-refractivity contribution is -0.119. The van der Waals surface area contributed by atoms with Gasteiger partial charge in [-0.25, -0.2) is 18.7 Å². The SMILES string of the molecule is O=C(CN1CCN(c2ncccn2)CC1)N1CCCC(c2ccc(F)cc2)c2ccc(F)cc21. The first kappa shape index (κ1) is 22.4. The number of hydrogen-bond acceptors (Lipinski definition) is 5. The Morgan fingerprint density at radius 3 is 2.35 bits per heavy atom. The van der Waals surface area contributed by atoms with Crippen LogP contribution in [0.3, 0.4) is 0 Å². The van der Waals surface area contributed by atoms with Crippen molar-refractivity contribution in [3.05, 3.63) is 83.7 Å². The Morgan fingerprint density at radius 1 is 0.912 bits per heavy atom. The number of carbonyl (C=O) groups is 1. The molecule has 176 valence electrons. The first-order valence-corrected chi connectivity index (χ1v) is 11.7. The van der Waals surface area contributed by atoms with Gasteiger partial charge in [0.2, 0.25) is 11.9 Å². The fourth-order valence-corrected chi connectivity index (χ4v) is 4.91. The van der Waals surface area contributed by atoms with Crippen LogP contribution in [0.4, 0.5) is 20.4 Å². The van der Waals surface area contributed by atoms with E-state index in [1.165, 1.54) is 24.3 Å². The van der Waals surface area contributed by atoms with E-state index in [0.717, 1.165) is 50.1 Å². The van der Waals surface area contributed by atoms with E-state index in [0.29, 0.717) is 18.2 Å². The minimum atomic E-state index is -0.368. The largest absolute Gasteiger partial charge is 0.338 e. The summed E-state index contributed by atoms with van der Waals surface area (Å²) in [4.78, 5) is 28.0. The third-order valence-corrected chi connectivity index (χ3v) is 6.67. The summed E-state index contributed by atoms with van der Waals surface area (Å²) in [5, 5.41) is 0. The molecule has 2 aliphatic heterocycles. The Kier molecular flexibility index (Phi) is 6.49. The van der Waals surface area contributed by atoms with Gasteiger partial charge in [0, 0.05) is 51.0 Å². The predicted octanol–water partition coefficient (Wildman–Crippen LogP) is 3.84. The molecule has 6 nitrogen and oxygen atoms in total. The number of benzene rings is 2. The standard InChI is InChI=1S/C26H27F2N5O/c27-20-6-4-19(5-7-20)22-3-1-12-33(24-17-21(28)8-9-23(22)24)25(34)18-31-13-15-32(16-14-31)26-29-10-2-11-30-26/h2,4-11,17,22H,1,3,12-16,18H2. The van der Waals surface area contributed by atoms with Crippen molar-refractivity contribution < 1.29 is 13.6 Å². The molecule has 1 aromatic heterocycles. The highest BCUT2D eigenvalue weighted by atomic mass is 19.1. The normalized spacial score (nSPS) is 18.9. The number of amides is 1. The average molecular weight is 464 g/mol. The lowest BCUT2D eigenvalue weighted by atomic mass is 9.87. The molecular formula is C26H27F2N5O. The van der Waals surface area contributed by atoms with Gasteiger partial charge >= 0.3 is 0 Å². The van der Waals surface area contributed by atoms with E-state index in [9.17, 15) is 13.6 Å². The number of rotatable bonds is 4. The van der Waals surface area contributed by atoms with Gasteiger partial charge in [-0.05, 0) is 54.3 Å². The van der Waals surface area contributed by atoms with Crippen molar-refractivity contribution in [2.75, 3.05) is 49.1 Å². The van der Waals surface area contributed by atoms with E-state index in [-0.39, 0.29) is 30.0 Å². The van der Waals surface area contributed by atoms with Crippen molar-refractivity contribution in [3.63, 3.8) is 0 Å². The topological polar surface area (TPSA) is 52.6 Å². The van der Waals surface area contributed by atoms with Crippen LogP contribution < -0.4 is 9.80 Å². The van der Waals surface area contributed by atoms with Gasteiger partial charge in [-0.2, -0.15) is 0 Å². The Hall–Kier alpha value is -3.39. The molecule has 3 aromatic rings. The van der Waals surface area contributed by atoms with Crippen LogP contribution in [0.2, 0.25) is 0 Å².